The molecule has 0 aromatic heterocycles. The first kappa shape index (κ1) is 7.54. The highest BCUT2D eigenvalue weighted by Crippen LogP contribution is 2.24. The molecule has 0 aliphatic heterocycles. The van der Waals surface area contributed by atoms with Crippen molar-refractivity contribution in [1.29, 1.82) is 0 Å². The zero-order valence-electron chi connectivity index (χ0n) is 6.26. The van der Waals surface area contributed by atoms with Gasteiger partial charge in [-0.15, -0.1) is 0 Å². The molecule has 1 amide bonds. The van der Waals surface area contributed by atoms with E-state index in [0.717, 1.165) is 19.3 Å². The van der Waals surface area contributed by atoms with Gasteiger partial charge in [-0.3, -0.25) is 4.79 Å². The largest absolute Gasteiger partial charge is 0.369 e. The predicted molar refractivity (Wildman–Crippen MR) is 39.4 cm³/mol. The summed E-state index contributed by atoms with van der Waals surface area (Å²) in [6.07, 6.45) is 3.17. The van der Waals surface area contributed by atoms with Gasteiger partial charge in [0.15, 0.2) is 0 Å². The predicted octanol–water partition coefficient (Wildman–Crippen LogP) is -0.140. The minimum absolute atomic E-state index is 0.0741. The molecule has 0 radical (unpaired) electrons. The average molecular weight is 142 g/mol. The van der Waals surface area contributed by atoms with Gasteiger partial charge in [-0.05, 0) is 19.9 Å². The maximum atomic E-state index is 10.8. The van der Waals surface area contributed by atoms with E-state index >= 15 is 0 Å². The number of hydrogen-bond donors (Lipinski definition) is 2. The van der Waals surface area contributed by atoms with Gasteiger partial charge in [-0.2, -0.15) is 0 Å². The number of carbonyl (C=O) groups is 1. The van der Waals surface area contributed by atoms with Crippen LogP contribution in [0, 0.1) is 5.92 Å². The Balaban J connectivity index is 2.50. The van der Waals surface area contributed by atoms with Crippen LogP contribution in [0.25, 0.3) is 0 Å². The maximum Gasteiger partial charge on any atom is 0.222 e. The van der Waals surface area contributed by atoms with Gasteiger partial charge in [0.25, 0.3) is 0 Å². The third kappa shape index (κ3) is 1.29. The standard InChI is InChI=1S/C7H14N2O/c1-9-6-4-2-3-5(6)7(8)10/h5-6,9H,2-4H2,1H3,(H2,8,10). The van der Waals surface area contributed by atoms with Crippen molar-refractivity contribution in [3.05, 3.63) is 0 Å². The number of rotatable bonds is 2. The topological polar surface area (TPSA) is 55.1 Å². The molecule has 0 heterocycles. The summed E-state index contributed by atoms with van der Waals surface area (Å²) in [6, 6.07) is 0.331. The number of nitrogens with two attached hydrogens (primary N) is 1. The summed E-state index contributed by atoms with van der Waals surface area (Å²) in [7, 11) is 1.88. The second-order valence-electron chi connectivity index (χ2n) is 2.83. The van der Waals surface area contributed by atoms with Crippen LogP contribution < -0.4 is 11.1 Å². The lowest BCUT2D eigenvalue weighted by atomic mass is 10.0. The van der Waals surface area contributed by atoms with Crippen molar-refractivity contribution in [3.8, 4) is 0 Å². The molecular formula is C7H14N2O. The molecule has 1 saturated carbocycles. The van der Waals surface area contributed by atoms with Crippen LogP contribution in [0.15, 0.2) is 0 Å². The molecule has 1 aliphatic carbocycles. The van der Waals surface area contributed by atoms with E-state index in [1.165, 1.54) is 0 Å². The first-order valence-corrected chi connectivity index (χ1v) is 3.72. The molecule has 2 atom stereocenters. The molecule has 58 valence electrons. The fourth-order valence-electron chi connectivity index (χ4n) is 1.65. The molecule has 3 N–H and O–H groups in total. The SMILES string of the molecule is CNC1CCCC1C(N)=O. The van der Waals surface area contributed by atoms with Crippen LogP contribution in [-0.4, -0.2) is 19.0 Å². The highest BCUT2D eigenvalue weighted by Gasteiger charge is 2.29. The van der Waals surface area contributed by atoms with Crippen molar-refractivity contribution in [1.82, 2.24) is 5.32 Å². The van der Waals surface area contributed by atoms with Crippen molar-refractivity contribution < 1.29 is 4.79 Å². The van der Waals surface area contributed by atoms with Gasteiger partial charge in [0.2, 0.25) is 5.91 Å². The Morgan fingerprint density at radius 3 is 2.70 bits per heavy atom. The van der Waals surface area contributed by atoms with Crippen LogP contribution >= 0.6 is 0 Å². The molecule has 1 aliphatic rings. The van der Waals surface area contributed by atoms with Gasteiger partial charge in [0.1, 0.15) is 0 Å². The summed E-state index contributed by atoms with van der Waals surface area (Å²) in [4.78, 5) is 10.8. The molecule has 0 spiro atoms. The van der Waals surface area contributed by atoms with Gasteiger partial charge in [-0.1, -0.05) is 6.42 Å². The summed E-state index contributed by atoms with van der Waals surface area (Å²) >= 11 is 0. The van der Waals surface area contributed by atoms with Gasteiger partial charge in [0, 0.05) is 6.04 Å². The molecule has 0 aromatic carbocycles. The normalized spacial score (nSPS) is 32.5. The minimum atomic E-state index is -0.156. The van der Waals surface area contributed by atoms with E-state index in [4.69, 9.17) is 5.73 Å². The lowest BCUT2D eigenvalue weighted by Crippen LogP contribution is -2.37. The Hall–Kier alpha value is -0.570. The zero-order chi connectivity index (χ0) is 7.56. The summed E-state index contributed by atoms with van der Waals surface area (Å²) in [5.41, 5.74) is 5.18. The first-order valence-electron chi connectivity index (χ1n) is 3.72. The molecular weight excluding hydrogens is 128 g/mol. The molecule has 3 heteroatoms. The second-order valence-corrected chi connectivity index (χ2v) is 2.83. The highest BCUT2D eigenvalue weighted by atomic mass is 16.1. The minimum Gasteiger partial charge on any atom is -0.369 e. The second kappa shape index (κ2) is 3.01. The molecule has 0 saturated heterocycles. The molecule has 0 aromatic rings. The summed E-state index contributed by atoms with van der Waals surface area (Å²) < 4.78 is 0. The molecule has 10 heavy (non-hydrogen) atoms. The number of carbonyl (C=O) groups excluding carboxylic acids is 1. The van der Waals surface area contributed by atoms with E-state index in [-0.39, 0.29) is 11.8 Å². The van der Waals surface area contributed by atoms with E-state index in [1.807, 2.05) is 7.05 Å². The van der Waals surface area contributed by atoms with Crippen molar-refractivity contribution >= 4 is 5.91 Å². The number of primary amides is 1. The molecule has 0 bridgehead atoms. The Labute approximate surface area is 61.0 Å². The monoisotopic (exact) mass is 142 g/mol. The van der Waals surface area contributed by atoms with Crippen molar-refractivity contribution in [2.45, 2.75) is 25.3 Å². The van der Waals surface area contributed by atoms with E-state index in [2.05, 4.69) is 5.32 Å². The van der Waals surface area contributed by atoms with Gasteiger partial charge in [-0.25, -0.2) is 0 Å². The Bertz CT molecular complexity index is 136. The quantitative estimate of drug-likeness (QED) is 0.564. The summed E-state index contributed by atoms with van der Waals surface area (Å²) in [5.74, 6) is -0.0816. The fraction of sp³-hybridized carbons (Fsp3) is 0.857. The van der Waals surface area contributed by atoms with E-state index in [9.17, 15) is 4.79 Å². The van der Waals surface area contributed by atoms with E-state index in [0.29, 0.717) is 6.04 Å². The zero-order valence-corrected chi connectivity index (χ0v) is 6.26. The third-order valence-electron chi connectivity index (χ3n) is 2.25. The number of amides is 1. The van der Waals surface area contributed by atoms with Gasteiger partial charge < -0.3 is 11.1 Å². The summed E-state index contributed by atoms with van der Waals surface area (Å²) in [5, 5.41) is 3.09. The summed E-state index contributed by atoms with van der Waals surface area (Å²) in [6.45, 7) is 0. The van der Waals surface area contributed by atoms with E-state index in [1.54, 1.807) is 0 Å². The van der Waals surface area contributed by atoms with Gasteiger partial charge in [0.05, 0.1) is 5.92 Å². The Morgan fingerprint density at radius 1 is 1.60 bits per heavy atom. The lowest BCUT2D eigenvalue weighted by Gasteiger charge is -2.14. The van der Waals surface area contributed by atoms with Crippen molar-refractivity contribution in [3.63, 3.8) is 0 Å². The molecule has 1 fully saturated rings. The third-order valence-corrected chi connectivity index (χ3v) is 2.25. The Morgan fingerprint density at radius 2 is 2.30 bits per heavy atom. The molecule has 2 unspecified atom stereocenters. The van der Waals surface area contributed by atoms with Crippen LogP contribution in [0.3, 0.4) is 0 Å². The number of hydrogen-bond acceptors (Lipinski definition) is 2. The van der Waals surface area contributed by atoms with Crippen molar-refractivity contribution in [2.75, 3.05) is 7.05 Å². The van der Waals surface area contributed by atoms with Crippen LogP contribution in [-0.2, 0) is 4.79 Å². The lowest BCUT2D eigenvalue weighted by molar-refractivity contribution is -0.122. The highest BCUT2D eigenvalue weighted by molar-refractivity contribution is 5.77. The first-order chi connectivity index (χ1) is 4.75. The maximum absolute atomic E-state index is 10.8. The van der Waals surface area contributed by atoms with Crippen LogP contribution in [0.4, 0.5) is 0 Å². The molecule has 3 nitrogen and oxygen atoms in total. The fourth-order valence-corrected chi connectivity index (χ4v) is 1.65. The van der Waals surface area contributed by atoms with Crippen LogP contribution in [0.1, 0.15) is 19.3 Å². The van der Waals surface area contributed by atoms with Gasteiger partial charge >= 0.3 is 0 Å². The van der Waals surface area contributed by atoms with E-state index < -0.39 is 0 Å². The molecule has 1 rings (SSSR count). The average Bonchev–Trinajstić information content (AvgIpc) is 2.33. The smallest absolute Gasteiger partial charge is 0.222 e. The Kier molecular flexibility index (Phi) is 2.27. The number of nitrogens with one attached hydrogen (secondary N) is 1. The van der Waals surface area contributed by atoms with Crippen LogP contribution in [0.2, 0.25) is 0 Å². The van der Waals surface area contributed by atoms with Crippen molar-refractivity contribution in [2.24, 2.45) is 11.7 Å². The van der Waals surface area contributed by atoms with Crippen LogP contribution in [0.5, 0.6) is 0 Å².